The summed E-state index contributed by atoms with van der Waals surface area (Å²) in [6.45, 7) is 6.57. The molecule has 1 rings (SSSR count). The maximum atomic E-state index is 5.57. The molecule has 0 radical (unpaired) electrons. The van der Waals surface area contributed by atoms with Crippen LogP contribution in [0.1, 0.15) is 24.8 Å². The Kier molecular flexibility index (Phi) is 4.84. The summed E-state index contributed by atoms with van der Waals surface area (Å²) in [5.74, 6) is 0.967. The summed E-state index contributed by atoms with van der Waals surface area (Å²) in [5.41, 5.74) is 1.27. The maximum absolute atomic E-state index is 5.57. The van der Waals surface area contributed by atoms with E-state index in [-0.39, 0.29) is 0 Å². The molecule has 1 aromatic rings. The highest BCUT2D eigenvalue weighted by Gasteiger charge is 1.92. The number of rotatable bonds is 6. The van der Waals surface area contributed by atoms with Gasteiger partial charge < -0.3 is 4.74 Å². The van der Waals surface area contributed by atoms with Gasteiger partial charge in [-0.25, -0.2) is 0 Å². The van der Waals surface area contributed by atoms with Crippen LogP contribution in [0.3, 0.4) is 0 Å². The van der Waals surface area contributed by atoms with Gasteiger partial charge in [-0.1, -0.05) is 23.8 Å². The second-order valence-electron chi connectivity index (χ2n) is 3.45. The largest absolute Gasteiger partial charge is 0.494 e. The van der Waals surface area contributed by atoms with E-state index in [1.54, 1.807) is 0 Å². The first-order valence-corrected chi connectivity index (χ1v) is 5.13. The van der Waals surface area contributed by atoms with Crippen molar-refractivity contribution in [2.24, 2.45) is 0 Å². The third kappa shape index (κ3) is 4.13. The Bertz CT molecular complexity index is 261. The Morgan fingerprint density at radius 3 is 2.57 bits per heavy atom. The summed E-state index contributed by atoms with van der Waals surface area (Å²) in [6, 6.07) is 8.17. The number of hydrogen-bond donors (Lipinski definition) is 0. The molecule has 1 heteroatoms. The molecule has 14 heavy (non-hydrogen) atoms. The maximum Gasteiger partial charge on any atom is 0.119 e. The average Bonchev–Trinajstić information content (AvgIpc) is 2.21. The number of allylic oxidation sites excluding steroid dienone is 1. The molecule has 0 amide bonds. The molecule has 76 valence electrons. The highest BCUT2D eigenvalue weighted by molar-refractivity contribution is 5.26. The van der Waals surface area contributed by atoms with Gasteiger partial charge >= 0.3 is 0 Å². The van der Waals surface area contributed by atoms with Gasteiger partial charge in [0.2, 0.25) is 0 Å². The highest BCUT2D eigenvalue weighted by atomic mass is 16.5. The zero-order valence-corrected chi connectivity index (χ0v) is 8.83. The minimum Gasteiger partial charge on any atom is -0.494 e. The number of unbranched alkanes of at least 4 members (excludes halogenated alkanes) is 2. The fourth-order valence-electron chi connectivity index (χ4n) is 1.22. The van der Waals surface area contributed by atoms with Crippen LogP contribution in [0.25, 0.3) is 0 Å². The molecule has 0 aromatic heterocycles. The third-order valence-corrected chi connectivity index (χ3v) is 2.09. The van der Waals surface area contributed by atoms with Gasteiger partial charge in [-0.05, 0) is 38.3 Å². The summed E-state index contributed by atoms with van der Waals surface area (Å²) < 4.78 is 5.57. The number of aryl methyl sites for hydroxylation is 1. The van der Waals surface area contributed by atoms with Crippen LogP contribution in [-0.4, -0.2) is 6.61 Å². The first kappa shape index (κ1) is 10.8. The van der Waals surface area contributed by atoms with E-state index >= 15 is 0 Å². The van der Waals surface area contributed by atoms with Crippen molar-refractivity contribution in [2.45, 2.75) is 26.2 Å². The van der Waals surface area contributed by atoms with Crippen molar-refractivity contribution < 1.29 is 4.74 Å². The SMILES string of the molecule is C=CCCCCOc1ccc(C)cc1. The van der Waals surface area contributed by atoms with Gasteiger partial charge in [0.05, 0.1) is 6.61 Å². The van der Waals surface area contributed by atoms with E-state index < -0.39 is 0 Å². The Morgan fingerprint density at radius 1 is 1.21 bits per heavy atom. The summed E-state index contributed by atoms with van der Waals surface area (Å²) in [6.07, 6.45) is 5.29. The lowest BCUT2D eigenvalue weighted by Crippen LogP contribution is -1.96. The van der Waals surface area contributed by atoms with E-state index in [9.17, 15) is 0 Å². The normalized spacial score (nSPS) is 9.79. The van der Waals surface area contributed by atoms with Gasteiger partial charge in [0.25, 0.3) is 0 Å². The minimum atomic E-state index is 0.802. The molecule has 1 aromatic carbocycles. The molecular formula is C13H18O. The van der Waals surface area contributed by atoms with Crippen molar-refractivity contribution >= 4 is 0 Å². The molecule has 0 unspecified atom stereocenters. The van der Waals surface area contributed by atoms with E-state index in [2.05, 4.69) is 25.6 Å². The van der Waals surface area contributed by atoms with Gasteiger partial charge in [0.15, 0.2) is 0 Å². The fourth-order valence-corrected chi connectivity index (χ4v) is 1.22. The van der Waals surface area contributed by atoms with Gasteiger partial charge in [-0.15, -0.1) is 6.58 Å². The highest BCUT2D eigenvalue weighted by Crippen LogP contribution is 2.11. The molecule has 0 spiro atoms. The standard InChI is InChI=1S/C13H18O/c1-3-4-5-6-11-14-13-9-7-12(2)8-10-13/h3,7-10H,1,4-6,11H2,2H3. The fraction of sp³-hybridized carbons (Fsp3) is 0.385. The van der Waals surface area contributed by atoms with Crippen LogP contribution in [-0.2, 0) is 0 Å². The van der Waals surface area contributed by atoms with Crippen LogP contribution in [0.5, 0.6) is 5.75 Å². The molecule has 0 heterocycles. The van der Waals surface area contributed by atoms with Crippen LogP contribution in [0.15, 0.2) is 36.9 Å². The summed E-state index contributed by atoms with van der Waals surface area (Å²) in [4.78, 5) is 0. The van der Waals surface area contributed by atoms with E-state index in [4.69, 9.17) is 4.74 Å². The van der Waals surface area contributed by atoms with Gasteiger partial charge in [-0.3, -0.25) is 0 Å². The monoisotopic (exact) mass is 190 g/mol. The predicted molar refractivity (Wildman–Crippen MR) is 60.7 cm³/mol. The van der Waals surface area contributed by atoms with Crippen molar-refractivity contribution in [3.05, 3.63) is 42.5 Å². The lowest BCUT2D eigenvalue weighted by atomic mass is 10.2. The predicted octanol–water partition coefficient (Wildman–Crippen LogP) is 3.73. The van der Waals surface area contributed by atoms with Gasteiger partial charge in [0.1, 0.15) is 5.75 Å². The molecule has 0 saturated carbocycles. The van der Waals surface area contributed by atoms with Crippen LogP contribution in [0.2, 0.25) is 0 Å². The summed E-state index contributed by atoms with van der Waals surface area (Å²) in [7, 11) is 0. The summed E-state index contributed by atoms with van der Waals surface area (Å²) in [5, 5.41) is 0. The summed E-state index contributed by atoms with van der Waals surface area (Å²) >= 11 is 0. The Hall–Kier alpha value is -1.24. The number of benzene rings is 1. The Labute approximate surface area is 86.4 Å². The number of ether oxygens (including phenoxy) is 1. The van der Waals surface area contributed by atoms with Gasteiger partial charge in [-0.2, -0.15) is 0 Å². The number of hydrogen-bond acceptors (Lipinski definition) is 1. The first-order chi connectivity index (χ1) is 6.83. The zero-order valence-electron chi connectivity index (χ0n) is 8.83. The molecule has 0 aliphatic heterocycles. The molecule has 0 aliphatic carbocycles. The van der Waals surface area contributed by atoms with Crippen LogP contribution in [0, 0.1) is 6.92 Å². The van der Waals surface area contributed by atoms with E-state index in [1.807, 2.05) is 18.2 Å². The molecular weight excluding hydrogens is 172 g/mol. The third-order valence-electron chi connectivity index (χ3n) is 2.09. The lowest BCUT2D eigenvalue weighted by Gasteiger charge is -2.05. The second-order valence-corrected chi connectivity index (χ2v) is 3.45. The Morgan fingerprint density at radius 2 is 1.93 bits per heavy atom. The van der Waals surface area contributed by atoms with Crippen molar-refractivity contribution in [3.63, 3.8) is 0 Å². The zero-order chi connectivity index (χ0) is 10.2. The molecule has 0 atom stereocenters. The van der Waals surface area contributed by atoms with Crippen LogP contribution in [0.4, 0.5) is 0 Å². The molecule has 0 fully saturated rings. The quantitative estimate of drug-likeness (QED) is 0.490. The van der Waals surface area contributed by atoms with E-state index in [0.717, 1.165) is 31.6 Å². The van der Waals surface area contributed by atoms with Gasteiger partial charge in [0, 0.05) is 0 Å². The molecule has 0 N–H and O–H groups in total. The smallest absolute Gasteiger partial charge is 0.119 e. The lowest BCUT2D eigenvalue weighted by molar-refractivity contribution is 0.307. The van der Waals surface area contributed by atoms with Crippen molar-refractivity contribution in [3.8, 4) is 5.75 Å². The second kappa shape index (κ2) is 6.25. The molecule has 0 aliphatic rings. The van der Waals surface area contributed by atoms with Crippen LogP contribution >= 0.6 is 0 Å². The molecule has 1 nitrogen and oxygen atoms in total. The minimum absolute atomic E-state index is 0.802. The van der Waals surface area contributed by atoms with Crippen LogP contribution < -0.4 is 4.74 Å². The Balaban J connectivity index is 2.18. The topological polar surface area (TPSA) is 9.23 Å². The van der Waals surface area contributed by atoms with E-state index in [0.29, 0.717) is 0 Å². The van der Waals surface area contributed by atoms with E-state index in [1.165, 1.54) is 5.56 Å². The van der Waals surface area contributed by atoms with Crippen molar-refractivity contribution in [2.75, 3.05) is 6.61 Å². The van der Waals surface area contributed by atoms with Crippen molar-refractivity contribution in [1.29, 1.82) is 0 Å². The molecule has 0 bridgehead atoms. The van der Waals surface area contributed by atoms with Crippen molar-refractivity contribution in [1.82, 2.24) is 0 Å². The first-order valence-electron chi connectivity index (χ1n) is 5.13. The average molecular weight is 190 g/mol. The molecule has 0 saturated heterocycles.